The van der Waals surface area contributed by atoms with Crippen LogP contribution in [0.5, 0.6) is 0 Å². The summed E-state index contributed by atoms with van der Waals surface area (Å²) in [5.74, 6) is 1.12. The summed E-state index contributed by atoms with van der Waals surface area (Å²) in [5.41, 5.74) is 0. The zero-order valence-electron chi connectivity index (χ0n) is 6.95. The molecule has 0 saturated carbocycles. The summed E-state index contributed by atoms with van der Waals surface area (Å²) in [6.07, 6.45) is 2.50. The monoisotopic (exact) mass is 187 g/mol. The SMILES string of the molecule is N#CCCCSCCCC(=O)O. The smallest absolute Gasteiger partial charge is 0.303 e. The maximum Gasteiger partial charge on any atom is 0.303 e. The van der Waals surface area contributed by atoms with Crippen molar-refractivity contribution in [3.05, 3.63) is 0 Å². The molecule has 0 aliphatic rings. The molecule has 0 saturated heterocycles. The molecule has 0 aromatic rings. The van der Waals surface area contributed by atoms with Crippen molar-refractivity contribution in [3.63, 3.8) is 0 Å². The molecule has 0 unspecified atom stereocenters. The van der Waals surface area contributed by atoms with Crippen LogP contribution >= 0.6 is 11.8 Å². The predicted octanol–water partition coefficient (Wildman–Crippen LogP) is 1.89. The maximum absolute atomic E-state index is 10.1. The van der Waals surface area contributed by atoms with Crippen molar-refractivity contribution < 1.29 is 9.90 Å². The maximum atomic E-state index is 10.1. The van der Waals surface area contributed by atoms with Gasteiger partial charge in [-0.05, 0) is 24.3 Å². The second kappa shape index (κ2) is 8.41. The number of nitrogens with zero attached hydrogens (tertiary/aromatic N) is 1. The number of hydrogen-bond donors (Lipinski definition) is 1. The molecule has 0 rings (SSSR count). The van der Waals surface area contributed by atoms with E-state index in [0.717, 1.165) is 24.3 Å². The van der Waals surface area contributed by atoms with Gasteiger partial charge >= 0.3 is 5.97 Å². The second-order valence-corrected chi connectivity index (χ2v) is 3.60. The third kappa shape index (κ3) is 9.31. The molecule has 0 bridgehead atoms. The van der Waals surface area contributed by atoms with Crippen LogP contribution < -0.4 is 0 Å². The van der Waals surface area contributed by atoms with Crippen molar-refractivity contribution in [2.45, 2.75) is 25.7 Å². The van der Waals surface area contributed by atoms with Crippen LogP contribution in [0.2, 0.25) is 0 Å². The van der Waals surface area contributed by atoms with Crippen molar-refractivity contribution in [1.29, 1.82) is 5.26 Å². The van der Waals surface area contributed by atoms with Gasteiger partial charge in [0.15, 0.2) is 0 Å². The van der Waals surface area contributed by atoms with Crippen molar-refractivity contribution in [1.82, 2.24) is 0 Å². The fourth-order valence-corrected chi connectivity index (χ4v) is 1.58. The lowest BCUT2D eigenvalue weighted by Crippen LogP contribution is -1.95. The van der Waals surface area contributed by atoms with Crippen molar-refractivity contribution in [3.8, 4) is 6.07 Å². The first-order valence-electron chi connectivity index (χ1n) is 3.94. The molecule has 0 radical (unpaired) electrons. The van der Waals surface area contributed by atoms with Gasteiger partial charge in [0, 0.05) is 12.8 Å². The highest BCUT2D eigenvalue weighted by molar-refractivity contribution is 7.99. The number of carboxylic acids is 1. The Labute approximate surface area is 76.8 Å². The zero-order chi connectivity index (χ0) is 9.23. The number of nitriles is 1. The molecular formula is C8H13NO2S. The summed E-state index contributed by atoms with van der Waals surface area (Å²) in [6, 6.07) is 2.07. The first-order chi connectivity index (χ1) is 5.77. The molecule has 3 nitrogen and oxygen atoms in total. The van der Waals surface area contributed by atoms with Crippen LogP contribution in [0.3, 0.4) is 0 Å². The summed E-state index contributed by atoms with van der Waals surface area (Å²) >= 11 is 1.72. The first kappa shape index (κ1) is 11.3. The van der Waals surface area contributed by atoms with E-state index >= 15 is 0 Å². The summed E-state index contributed by atoms with van der Waals surface area (Å²) < 4.78 is 0. The average molecular weight is 187 g/mol. The summed E-state index contributed by atoms with van der Waals surface area (Å²) in [5, 5.41) is 16.5. The number of carbonyl (C=O) groups is 1. The second-order valence-electron chi connectivity index (χ2n) is 2.37. The number of rotatable bonds is 7. The average Bonchev–Trinajstić information content (AvgIpc) is 2.02. The van der Waals surface area contributed by atoms with Crippen LogP contribution in [0, 0.1) is 11.3 Å². The molecule has 12 heavy (non-hydrogen) atoms. The first-order valence-corrected chi connectivity index (χ1v) is 5.09. The lowest BCUT2D eigenvalue weighted by atomic mass is 10.3. The zero-order valence-corrected chi connectivity index (χ0v) is 7.77. The highest BCUT2D eigenvalue weighted by Gasteiger charge is 1.95. The summed E-state index contributed by atoms with van der Waals surface area (Å²) in [4.78, 5) is 10.1. The molecule has 0 spiro atoms. The van der Waals surface area contributed by atoms with E-state index in [9.17, 15) is 4.79 Å². The van der Waals surface area contributed by atoms with Crippen LogP contribution in [-0.4, -0.2) is 22.6 Å². The van der Waals surface area contributed by atoms with Crippen molar-refractivity contribution in [2.24, 2.45) is 0 Å². The van der Waals surface area contributed by atoms with Crippen LogP contribution in [0.25, 0.3) is 0 Å². The van der Waals surface area contributed by atoms with Gasteiger partial charge in [-0.3, -0.25) is 4.79 Å². The van der Waals surface area contributed by atoms with Gasteiger partial charge in [0.2, 0.25) is 0 Å². The van der Waals surface area contributed by atoms with E-state index in [1.807, 2.05) is 0 Å². The Bertz CT molecular complexity index is 165. The minimum Gasteiger partial charge on any atom is -0.481 e. The Hall–Kier alpha value is -0.690. The van der Waals surface area contributed by atoms with E-state index in [4.69, 9.17) is 10.4 Å². The summed E-state index contributed by atoms with van der Waals surface area (Å²) in [7, 11) is 0. The molecule has 68 valence electrons. The Morgan fingerprint density at radius 2 is 2.08 bits per heavy atom. The molecule has 0 fully saturated rings. The van der Waals surface area contributed by atoms with Crippen LogP contribution in [0.4, 0.5) is 0 Å². The van der Waals surface area contributed by atoms with Crippen LogP contribution in [0.1, 0.15) is 25.7 Å². The van der Waals surface area contributed by atoms with Gasteiger partial charge in [-0.1, -0.05) is 0 Å². The van der Waals surface area contributed by atoms with Crippen molar-refractivity contribution >= 4 is 17.7 Å². The third-order valence-corrected chi connectivity index (χ3v) is 2.41. The van der Waals surface area contributed by atoms with Gasteiger partial charge in [-0.15, -0.1) is 0 Å². The highest BCUT2D eigenvalue weighted by Crippen LogP contribution is 2.07. The van der Waals surface area contributed by atoms with Crippen LogP contribution in [-0.2, 0) is 4.79 Å². The number of thioether (sulfide) groups is 1. The van der Waals surface area contributed by atoms with E-state index in [1.165, 1.54) is 0 Å². The van der Waals surface area contributed by atoms with Gasteiger partial charge in [0.1, 0.15) is 0 Å². The molecule has 0 amide bonds. The third-order valence-electron chi connectivity index (χ3n) is 1.26. The van der Waals surface area contributed by atoms with Gasteiger partial charge < -0.3 is 5.11 Å². The van der Waals surface area contributed by atoms with E-state index < -0.39 is 5.97 Å². The molecule has 0 heterocycles. The Morgan fingerprint density at radius 3 is 2.67 bits per heavy atom. The molecule has 1 N–H and O–H groups in total. The Kier molecular flexibility index (Phi) is 7.92. The van der Waals surface area contributed by atoms with Gasteiger partial charge in [-0.2, -0.15) is 17.0 Å². The molecule has 0 aliphatic heterocycles. The fourth-order valence-electron chi connectivity index (χ4n) is 0.681. The number of carboxylic acid groups (broad SMARTS) is 1. The molecule has 0 aliphatic carbocycles. The van der Waals surface area contributed by atoms with Gasteiger partial charge in [-0.25, -0.2) is 0 Å². The molecular weight excluding hydrogens is 174 g/mol. The standard InChI is InChI=1S/C8H13NO2S/c9-5-1-2-6-12-7-3-4-8(10)11/h1-4,6-7H2,(H,10,11). The van der Waals surface area contributed by atoms with Crippen LogP contribution in [0.15, 0.2) is 0 Å². The Balaban J connectivity index is 2.92. The minimum absolute atomic E-state index is 0.255. The largest absolute Gasteiger partial charge is 0.481 e. The normalized spacial score (nSPS) is 9.25. The lowest BCUT2D eigenvalue weighted by molar-refractivity contribution is -0.137. The highest BCUT2D eigenvalue weighted by atomic mass is 32.2. The number of hydrogen-bond acceptors (Lipinski definition) is 3. The van der Waals surface area contributed by atoms with E-state index in [2.05, 4.69) is 6.07 Å². The van der Waals surface area contributed by atoms with Gasteiger partial charge in [0.25, 0.3) is 0 Å². The van der Waals surface area contributed by atoms with E-state index in [1.54, 1.807) is 11.8 Å². The lowest BCUT2D eigenvalue weighted by Gasteiger charge is -1.96. The minimum atomic E-state index is -0.729. The quantitative estimate of drug-likeness (QED) is 0.618. The Morgan fingerprint density at radius 1 is 1.42 bits per heavy atom. The summed E-state index contributed by atoms with van der Waals surface area (Å²) in [6.45, 7) is 0. The number of unbranched alkanes of at least 4 members (excludes halogenated alkanes) is 1. The van der Waals surface area contributed by atoms with E-state index in [0.29, 0.717) is 6.42 Å². The molecule has 0 aromatic heterocycles. The fraction of sp³-hybridized carbons (Fsp3) is 0.750. The van der Waals surface area contributed by atoms with Gasteiger partial charge in [0.05, 0.1) is 6.07 Å². The molecule has 0 aromatic carbocycles. The predicted molar refractivity (Wildman–Crippen MR) is 49.0 cm³/mol. The van der Waals surface area contributed by atoms with E-state index in [-0.39, 0.29) is 6.42 Å². The van der Waals surface area contributed by atoms with Crippen molar-refractivity contribution in [2.75, 3.05) is 11.5 Å². The topological polar surface area (TPSA) is 61.1 Å². The number of aliphatic carboxylic acids is 1. The molecule has 4 heteroatoms. The molecule has 0 atom stereocenters.